The molecule has 1 saturated heterocycles. The molecule has 2 aromatic carbocycles. The second kappa shape index (κ2) is 9.42. The molecule has 0 spiro atoms. The molecular weight excluding hydrogens is 438 g/mol. The Balaban J connectivity index is 1.07. The van der Waals surface area contributed by atoms with E-state index in [2.05, 4.69) is 10.2 Å². The Labute approximate surface area is 198 Å². The number of nitrogens with zero attached hydrogens (tertiary/aromatic N) is 2. The molecule has 2 amide bonds. The third-order valence-corrected chi connectivity index (χ3v) is 6.68. The predicted octanol–water partition coefficient (Wildman–Crippen LogP) is 1.68. The Morgan fingerprint density at radius 2 is 1.76 bits per heavy atom. The zero-order valence-corrected chi connectivity index (χ0v) is 19.5. The van der Waals surface area contributed by atoms with Crippen molar-refractivity contribution < 1.29 is 28.5 Å². The molecule has 0 bridgehead atoms. The summed E-state index contributed by atoms with van der Waals surface area (Å²) in [4.78, 5) is 29.6. The maximum atomic E-state index is 13.0. The number of carbonyl (C=O) groups is 2. The van der Waals surface area contributed by atoms with Crippen LogP contribution in [0.3, 0.4) is 0 Å². The lowest BCUT2D eigenvalue weighted by Crippen LogP contribution is -2.56. The number of benzene rings is 2. The zero-order chi connectivity index (χ0) is 23.7. The number of methoxy groups -OCH3 is 2. The molecule has 2 aromatic rings. The van der Waals surface area contributed by atoms with Gasteiger partial charge in [0.05, 0.1) is 20.1 Å². The Kier molecular flexibility index (Phi) is 6.19. The lowest BCUT2D eigenvalue weighted by molar-refractivity contribution is -0.142. The molecule has 9 nitrogen and oxygen atoms in total. The molecule has 3 heterocycles. The summed E-state index contributed by atoms with van der Waals surface area (Å²) in [5, 5.41) is 2.93. The minimum atomic E-state index is -0.148. The van der Waals surface area contributed by atoms with E-state index in [0.717, 1.165) is 17.7 Å². The monoisotopic (exact) mass is 467 g/mol. The molecule has 0 aliphatic carbocycles. The summed E-state index contributed by atoms with van der Waals surface area (Å²) in [5.74, 6) is 2.71. The minimum Gasteiger partial charge on any atom is -0.493 e. The summed E-state index contributed by atoms with van der Waals surface area (Å²) in [6.45, 7) is 4.15. The summed E-state index contributed by atoms with van der Waals surface area (Å²) in [6, 6.07) is 9.15. The molecule has 0 atom stereocenters. The fraction of sp³-hybridized carbons (Fsp3) is 0.440. The first-order valence-corrected chi connectivity index (χ1v) is 11.5. The predicted molar refractivity (Wildman–Crippen MR) is 123 cm³/mol. The van der Waals surface area contributed by atoms with Crippen LogP contribution < -0.4 is 24.3 Å². The Bertz CT molecular complexity index is 1100. The summed E-state index contributed by atoms with van der Waals surface area (Å²) in [6.07, 6.45) is 0.809. The maximum absolute atomic E-state index is 13.0. The quantitative estimate of drug-likeness (QED) is 0.663. The molecule has 1 fully saturated rings. The fourth-order valence-corrected chi connectivity index (χ4v) is 4.71. The van der Waals surface area contributed by atoms with Gasteiger partial charge < -0.3 is 29.2 Å². The van der Waals surface area contributed by atoms with E-state index in [1.165, 1.54) is 5.56 Å². The topological polar surface area (TPSA) is 89.6 Å². The average molecular weight is 468 g/mol. The number of rotatable bonds is 7. The van der Waals surface area contributed by atoms with Crippen LogP contribution >= 0.6 is 0 Å². The molecule has 34 heavy (non-hydrogen) atoms. The number of ether oxygens (including phenoxy) is 4. The van der Waals surface area contributed by atoms with E-state index < -0.39 is 0 Å². The highest BCUT2D eigenvalue weighted by Gasteiger charge is 2.36. The lowest BCUT2D eigenvalue weighted by Gasteiger charge is -2.41. The first-order valence-electron chi connectivity index (χ1n) is 11.5. The van der Waals surface area contributed by atoms with Crippen molar-refractivity contribution in [3.05, 3.63) is 47.0 Å². The molecule has 3 aliphatic heterocycles. The molecule has 0 saturated carbocycles. The van der Waals surface area contributed by atoms with Gasteiger partial charge in [-0.1, -0.05) is 0 Å². The molecule has 3 aliphatic rings. The van der Waals surface area contributed by atoms with E-state index >= 15 is 0 Å². The second-order valence-electron chi connectivity index (χ2n) is 8.77. The number of fused-ring (bicyclic) bond motifs is 2. The van der Waals surface area contributed by atoms with Crippen LogP contribution in [0.2, 0.25) is 0 Å². The van der Waals surface area contributed by atoms with Gasteiger partial charge in [-0.2, -0.15) is 0 Å². The van der Waals surface area contributed by atoms with E-state index in [1.807, 2.05) is 17.0 Å². The van der Waals surface area contributed by atoms with Crippen LogP contribution in [-0.4, -0.2) is 75.4 Å². The number of hydrogen-bond acceptors (Lipinski definition) is 7. The standard InChI is InChI=1S/C25H29N3O6/c1-31-21-9-16-5-7-28(14-18(16)11-22(21)32-2)25(30)19-12-27(13-19)8-6-26-24(29)17-3-4-20-23(10-17)34-15-33-20/h3-4,9-11,19H,5-8,12-15H2,1-2H3,(H,26,29). The average Bonchev–Trinajstić information content (AvgIpc) is 3.31. The zero-order valence-electron chi connectivity index (χ0n) is 19.5. The molecule has 9 heteroatoms. The highest BCUT2D eigenvalue weighted by Crippen LogP contribution is 2.34. The molecular formula is C25H29N3O6. The third-order valence-electron chi connectivity index (χ3n) is 6.68. The number of nitrogens with one attached hydrogen (secondary N) is 1. The third kappa shape index (κ3) is 4.35. The van der Waals surface area contributed by atoms with Crippen LogP contribution in [0.15, 0.2) is 30.3 Å². The van der Waals surface area contributed by atoms with E-state index in [0.29, 0.717) is 62.1 Å². The second-order valence-corrected chi connectivity index (χ2v) is 8.77. The minimum absolute atomic E-state index is 0.00579. The Hall–Kier alpha value is -3.46. The maximum Gasteiger partial charge on any atom is 0.251 e. The van der Waals surface area contributed by atoms with Gasteiger partial charge in [-0.05, 0) is 47.9 Å². The van der Waals surface area contributed by atoms with E-state index in [9.17, 15) is 9.59 Å². The van der Waals surface area contributed by atoms with Gasteiger partial charge in [0, 0.05) is 44.8 Å². The highest BCUT2D eigenvalue weighted by atomic mass is 16.7. The normalized spacial score (nSPS) is 17.1. The van der Waals surface area contributed by atoms with Crippen molar-refractivity contribution in [2.75, 3.05) is 53.7 Å². The van der Waals surface area contributed by atoms with Crippen molar-refractivity contribution in [1.82, 2.24) is 15.1 Å². The van der Waals surface area contributed by atoms with E-state index in [1.54, 1.807) is 32.4 Å². The number of amides is 2. The van der Waals surface area contributed by atoms with Gasteiger partial charge in [0.25, 0.3) is 5.91 Å². The van der Waals surface area contributed by atoms with Crippen molar-refractivity contribution in [2.45, 2.75) is 13.0 Å². The Morgan fingerprint density at radius 1 is 1.03 bits per heavy atom. The van der Waals surface area contributed by atoms with E-state index in [-0.39, 0.29) is 24.5 Å². The van der Waals surface area contributed by atoms with Gasteiger partial charge in [-0.25, -0.2) is 0 Å². The number of carbonyl (C=O) groups excluding carboxylic acids is 2. The van der Waals surface area contributed by atoms with Crippen molar-refractivity contribution in [3.8, 4) is 23.0 Å². The lowest BCUT2D eigenvalue weighted by atomic mass is 9.94. The van der Waals surface area contributed by atoms with Gasteiger partial charge in [0.1, 0.15) is 0 Å². The van der Waals surface area contributed by atoms with Crippen molar-refractivity contribution in [1.29, 1.82) is 0 Å². The van der Waals surface area contributed by atoms with Crippen LogP contribution in [0.1, 0.15) is 21.5 Å². The largest absolute Gasteiger partial charge is 0.493 e. The van der Waals surface area contributed by atoms with Crippen LogP contribution in [0.25, 0.3) is 0 Å². The first-order chi connectivity index (χ1) is 16.6. The van der Waals surface area contributed by atoms with Crippen LogP contribution in [0, 0.1) is 5.92 Å². The van der Waals surface area contributed by atoms with Crippen molar-refractivity contribution >= 4 is 11.8 Å². The van der Waals surface area contributed by atoms with Gasteiger partial charge >= 0.3 is 0 Å². The molecule has 0 radical (unpaired) electrons. The summed E-state index contributed by atoms with van der Waals surface area (Å²) in [5.41, 5.74) is 2.86. The van der Waals surface area contributed by atoms with Gasteiger partial charge in [0.2, 0.25) is 12.7 Å². The summed E-state index contributed by atoms with van der Waals surface area (Å²) < 4.78 is 21.4. The van der Waals surface area contributed by atoms with Crippen LogP contribution in [-0.2, 0) is 17.8 Å². The summed E-state index contributed by atoms with van der Waals surface area (Å²) >= 11 is 0. The smallest absolute Gasteiger partial charge is 0.251 e. The van der Waals surface area contributed by atoms with Crippen LogP contribution in [0.4, 0.5) is 0 Å². The number of hydrogen-bond donors (Lipinski definition) is 1. The van der Waals surface area contributed by atoms with Gasteiger partial charge in [0.15, 0.2) is 23.0 Å². The highest BCUT2D eigenvalue weighted by molar-refractivity contribution is 5.94. The Morgan fingerprint density at radius 3 is 2.53 bits per heavy atom. The SMILES string of the molecule is COc1cc2c(cc1OC)CN(C(=O)C1CN(CCNC(=O)c3ccc4c(c3)OCO4)C1)CC2. The molecule has 180 valence electrons. The molecule has 0 unspecified atom stereocenters. The number of likely N-dealkylation sites (tertiary alicyclic amines) is 1. The first kappa shape index (κ1) is 22.3. The van der Waals surface area contributed by atoms with Crippen molar-refractivity contribution in [2.24, 2.45) is 5.92 Å². The molecule has 0 aromatic heterocycles. The van der Waals surface area contributed by atoms with Gasteiger partial charge in [-0.15, -0.1) is 0 Å². The molecule has 5 rings (SSSR count). The summed E-state index contributed by atoms with van der Waals surface area (Å²) in [7, 11) is 3.25. The van der Waals surface area contributed by atoms with Crippen molar-refractivity contribution in [3.63, 3.8) is 0 Å². The van der Waals surface area contributed by atoms with Gasteiger partial charge in [-0.3, -0.25) is 14.5 Å². The molecule has 1 N–H and O–H groups in total. The van der Waals surface area contributed by atoms with E-state index in [4.69, 9.17) is 18.9 Å². The van der Waals surface area contributed by atoms with Crippen LogP contribution in [0.5, 0.6) is 23.0 Å². The fourth-order valence-electron chi connectivity index (χ4n) is 4.71.